The summed E-state index contributed by atoms with van der Waals surface area (Å²) in [6.07, 6.45) is 7.04. The highest BCUT2D eigenvalue weighted by atomic mass is 32.2. The number of aryl methyl sites for hydroxylation is 2. The largest absolute Gasteiger partial charge is 0.453 e. The van der Waals surface area contributed by atoms with E-state index in [2.05, 4.69) is 38.3 Å². The van der Waals surface area contributed by atoms with Gasteiger partial charge in [-0.1, -0.05) is 6.92 Å². The number of aromatic amines is 1. The Morgan fingerprint density at radius 1 is 1.31 bits per heavy atom. The Kier molecular flexibility index (Phi) is 5.12. The lowest BCUT2D eigenvalue weighted by Gasteiger charge is -2.31. The van der Waals surface area contributed by atoms with Gasteiger partial charge in [-0.05, 0) is 61.8 Å². The third-order valence-corrected chi connectivity index (χ3v) is 5.98. The van der Waals surface area contributed by atoms with E-state index in [1.165, 1.54) is 23.0 Å². The van der Waals surface area contributed by atoms with Crippen LogP contribution in [0.1, 0.15) is 42.7 Å². The zero-order chi connectivity index (χ0) is 17.9. The first-order valence-electron chi connectivity index (χ1n) is 9.08. The number of aromatic nitrogens is 5. The third-order valence-electron chi connectivity index (χ3n) is 5.01. The van der Waals surface area contributed by atoms with Gasteiger partial charge in [-0.2, -0.15) is 5.10 Å². The zero-order valence-electron chi connectivity index (χ0n) is 15.2. The van der Waals surface area contributed by atoms with Crippen LogP contribution in [0.4, 0.5) is 0 Å². The first-order valence-corrected chi connectivity index (χ1v) is 9.89. The van der Waals surface area contributed by atoms with Crippen molar-refractivity contribution in [3.63, 3.8) is 0 Å². The predicted molar refractivity (Wildman–Crippen MR) is 99.1 cm³/mol. The number of rotatable bonds is 6. The number of H-pyrrole nitrogens is 1. The molecule has 138 valence electrons. The van der Waals surface area contributed by atoms with Crippen molar-refractivity contribution in [1.29, 1.82) is 0 Å². The minimum Gasteiger partial charge on any atom is -0.453 e. The van der Waals surface area contributed by atoms with Crippen molar-refractivity contribution < 1.29 is 4.42 Å². The monoisotopic (exact) mass is 372 g/mol. The number of piperidine rings is 1. The van der Waals surface area contributed by atoms with Crippen LogP contribution in [0.5, 0.6) is 0 Å². The van der Waals surface area contributed by atoms with E-state index in [1.807, 2.05) is 23.9 Å². The number of furan rings is 1. The first kappa shape index (κ1) is 17.4. The minimum absolute atomic E-state index is 0.599. The molecule has 1 N–H and O–H groups in total. The van der Waals surface area contributed by atoms with E-state index in [0.29, 0.717) is 5.92 Å². The average Bonchev–Trinajstić information content (AvgIpc) is 3.38. The second kappa shape index (κ2) is 7.67. The maximum Gasteiger partial charge on any atom is 0.198 e. The molecule has 7 nitrogen and oxygen atoms in total. The van der Waals surface area contributed by atoms with E-state index in [-0.39, 0.29) is 0 Å². The molecule has 1 fully saturated rings. The number of nitrogens with one attached hydrogen (secondary N) is 1. The second-order valence-electron chi connectivity index (χ2n) is 6.76. The van der Waals surface area contributed by atoms with Crippen LogP contribution in [-0.2, 0) is 20.0 Å². The van der Waals surface area contributed by atoms with Crippen LogP contribution in [0.15, 0.2) is 39.3 Å². The summed E-state index contributed by atoms with van der Waals surface area (Å²) in [4.78, 5) is 2.47. The fourth-order valence-electron chi connectivity index (χ4n) is 3.51. The molecule has 0 aromatic carbocycles. The lowest BCUT2D eigenvalue weighted by atomic mass is 9.91. The van der Waals surface area contributed by atoms with Gasteiger partial charge in [0.2, 0.25) is 0 Å². The Hall–Kier alpha value is -2.06. The standard InChI is InChI=1S/C18H24N6OS/c1-3-13-10-19-21-17(13)14-6-8-24(9-7-14)11-15-4-5-16(25-15)26-18-22-20-12-23(18)2/h4-5,10,12,14H,3,6-9,11H2,1-2H3,(H,19,21). The van der Waals surface area contributed by atoms with Gasteiger partial charge >= 0.3 is 0 Å². The van der Waals surface area contributed by atoms with Gasteiger partial charge in [-0.25, -0.2) is 0 Å². The van der Waals surface area contributed by atoms with Gasteiger partial charge < -0.3 is 8.98 Å². The molecular weight excluding hydrogens is 348 g/mol. The molecule has 0 unspecified atom stereocenters. The predicted octanol–water partition coefficient (Wildman–Crippen LogP) is 3.22. The summed E-state index contributed by atoms with van der Waals surface area (Å²) in [6.45, 7) is 5.21. The molecule has 26 heavy (non-hydrogen) atoms. The molecule has 8 heteroatoms. The van der Waals surface area contributed by atoms with E-state index >= 15 is 0 Å². The van der Waals surface area contributed by atoms with Crippen molar-refractivity contribution in [1.82, 2.24) is 29.9 Å². The summed E-state index contributed by atoms with van der Waals surface area (Å²) in [5, 5.41) is 17.1. The van der Waals surface area contributed by atoms with Crippen LogP contribution in [0.25, 0.3) is 0 Å². The molecule has 0 saturated carbocycles. The summed E-state index contributed by atoms with van der Waals surface area (Å²) < 4.78 is 7.86. The molecule has 0 spiro atoms. The molecular formula is C18H24N6OS. The van der Waals surface area contributed by atoms with E-state index in [4.69, 9.17) is 4.42 Å². The molecule has 4 heterocycles. The van der Waals surface area contributed by atoms with Crippen LogP contribution in [0.2, 0.25) is 0 Å². The van der Waals surface area contributed by atoms with Crippen molar-refractivity contribution in [3.05, 3.63) is 41.7 Å². The highest BCUT2D eigenvalue weighted by Crippen LogP contribution is 2.31. The fraction of sp³-hybridized carbons (Fsp3) is 0.500. The number of nitrogens with zero attached hydrogens (tertiary/aromatic N) is 5. The van der Waals surface area contributed by atoms with Crippen molar-refractivity contribution in [3.8, 4) is 0 Å². The normalized spacial score (nSPS) is 16.4. The highest BCUT2D eigenvalue weighted by molar-refractivity contribution is 7.99. The lowest BCUT2D eigenvalue weighted by molar-refractivity contribution is 0.186. The van der Waals surface area contributed by atoms with Crippen molar-refractivity contribution in [2.24, 2.45) is 7.05 Å². The van der Waals surface area contributed by atoms with Gasteiger partial charge in [0.25, 0.3) is 0 Å². The summed E-state index contributed by atoms with van der Waals surface area (Å²) >= 11 is 1.50. The van der Waals surface area contributed by atoms with E-state index in [0.717, 1.165) is 54.9 Å². The summed E-state index contributed by atoms with van der Waals surface area (Å²) in [6, 6.07) is 4.08. The molecule has 3 aromatic rings. The molecule has 0 radical (unpaired) electrons. The van der Waals surface area contributed by atoms with Crippen molar-refractivity contribution in [2.45, 2.75) is 48.9 Å². The average molecular weight is 372 g/mol. The lowest BCUT2D eigenvalue weighted by Crippen LogP contribution is -2.32. The summed E-state index contributed by atoms with van der Waals surface area (Å²) in [5.41, 5.74) is 2.70. The molecule has 1 aliphatic heterocycles. The molecule has 0 aliphatic carbocycles. The molecule has 1 aliphatic rings. The Morgan fingerprint density at radius 3 is 2.88 bits per heavy atom. The van der Waals surface area contributed by atoms with E-state index in [1.54, 1.807) is 6.33 Å². The first-order chi connectivity index (χ1) is 12.7. The van der Waals surface area contributed by atoms with Gasteiger partial charge in [0.1, 0.15) is 12.1 Å². The quantitative estimate of drug-likeness (QED) is 0.716. The summed E-state index contributed by atoms with van der Waals surface area (Å²) in [7, 11) is 1.93. The van der Waals surface area contributed by atoms with Gasteiger partial charge in [-0.3, -0.25) is 10.00 Å². The van der Waals surface area contributed by atoms with Crippen molar-refractivity contribution in [2.75, 3.05) is 13.1 Å². The topological polar surface area (TPSA) is 75.8 Å². The molecule has 4 rings (SSSR count). The van der Waals surface area contributed by atoms with Crippen LogP contribution >= 0.6 is 11.8 Å². The maximum absolute atomic E-state index is 5.97. The van der Waals surface area contributed by atoms with Gasteiger partial charge in [-0.15, -0.1) is 10.2 Å². The Balaban J connectivity index is 1.31. The highest BCUT2D eigenvalue weighted by Gasteiger charge is 2.24. The van der Waals surface area contributed by atoms with Crippen LogP contribution in [-0.4, -0.2) is 43.0 Å². The Morgan fingerprint density at radius 2 is 2.15 bits per heavy atom. The fourth-order valence-corrected chi connectivity index (χ4v) is 4.25. The molecule has 3 aromatic heterocycles. The number of hydrogen-bond acceptors (Lipinski definition) is 6. The number of likely N-dealkylation sites (tertiary alicyclic amines) is 1. The zero-order valence-corrected chi connectivity index (χ0v) is 16.0. The summed E-state index contributed by atoms with van der Waals surface area (Å²) in [5.74, 6) is 1.60. The Labute approximate surface area is 157 Å². The third kappa shape index (κ3) is 3.71. The maximum atomic E-state index is 5.97. The molecule has 0 atom stereocenters. The Bertz CT molecular complexity index is 845. The number of hydrogen-bond donors (Lipinski definition) is 1. The molecule has 1 saturated heterocycles. The SMILES string of the molecule is CCc1cn[nH]c1C1CCN(Cc2ccc(Sc3nncn3C)o2)CC1. The smallest absolute Gasteiger partial charge is 0.198 e. The van der Waals surface area contributed by atoms with Gasteiger partial charge in [0.15, 0.2) is 10.2 Å². The molecule has 0 bridgehead atoms. The van der Waals surface area contributed by atoms with Crippen LogP contribution < -0.4 is 0 Å². The van der Waals surface area contributed by atoms with E-state index < -0.39 is 0 Å². The van der Waals surface area contributed by atoms with E-state index in [9.17, 15) is 0 Å². The molecule has 0 amide bonds. The van der Waals surface area contributed by atoms with Crippen LogP contribution in [0.3, 0.4) is 0 Å². The van der Waals surface area contributed by atoms with Gasteiger partial charge in [0.05, 0.1) is 12.7 Å². The van der Waals surface area contributed by atoms with Crippen molar-refractivity contribution >= 4 is 11.8 Å². The van der Waals surface area contributed by atoms with Crippen LogP contribution in [0, 0.1) is 0 Å². The van der Waals surface area contributed by atoms with Gasteiger partial charge in [0, 0.05) is 18.7 Å². The second-order valence-corrected chi connectivity index (χ2v) is 7.73. The minimum atomic E-state index is 0.599.